The predicted octanol–water partition coefficient (Wildman–Crippen LogP) is 5.60. The molecule has 31 heavy (non-hydrogen) atoms. The van der Waals surface area contributed by atoms with Crippen molar-refractivity contribution in [3.05, 3.63) is 45.8 Å². The van der Waals surface area contributed by atoms with E-state index in [0.717, 1.165) is 42.1 Å². The van der Waals surface area contributed by atoms with Crippen molar-refractivity contribution in [2.24, 2.45) is 0 Å². The first-order valence-corrected chi connectivity index (χ1v) is 12.6. The molecule has 7 heteroatoms. The molecule has 1 aromatic carbocycles. The second kappa shape index (κ2) is 10.6. The lowest BCUT2D eigenvalue weighted by Gasteiger charge is -2.26. The molecule has 0 radical (unpaired) electrons. The summed E-state index contributed by atoms with van der Waals surface area (Å²) in [6, 6.07) is 8.46. The van der Waals surface area contributed by atoms with Gasteiger partial charge in [-0.2, -0.15) is 0 Å². The number of anilines is 2. The maximum absolute atomic E-state index is 12.6. The topological polar surface area (TPSA) is 53.6 Å². The maximum atomic E-state index is 12.6. The van der Waals surface area contributed by atoms with Crippen LogP contribution >= 0.6 is 23.6 Å². The van der Waals surface area contributed by atoms with Crippen molar-refractivity contribution in [1.29, 1.82) is 0 Å². The lowest BCUT2D eigenvalue weighted by atomic mass is 9.95. The average Bonchev–Trinajstić information content (AvgIpc) is 3.13. The fourth-order valence-corrected chi connectivity index (χ4v) is 5.97. The molecular weight excluding hydrogens is 426 g/mol. The summed E-state index contributed by atoms with van der Waals surface area (Å²) in [6.07, 6.45) is 8.20. The standard InChI is InChI=1S/C24H31N3O2S2/c1-2-29-23(28)21-19-8-4-5-9-20(19)31-22(21)26-24(30)25-18-12-10-17(11-13-18)16-27-14-6-3-7-15-27/h10-13H,2-9,14-16H2,1H3,(H2,25,26,30). The van der Waals surface area contributed by atoms with E-state index in [2.05, 4.69) is 39.8 Å². The van der Waals surface area contributed by atoms with Gasteiger partial charge in [0, 0.05) is 17.1 Å². The molecule has 2 aliphatic rings. The summed E-state index contributed by atoms with van der Waals surface area (Å²) < 4.78 is 5.33. The van der Waals surface area contributed by atoms with Crippen LogP contribution in [-0.2, 0) is 24.1 Å². The third-order valence-corrected chi connectivity index (χ3v) is 7.36. The van der Waals surface area contributed by atoms with Crippen molar-refractivity contribution < 1.29 is 9.53 Å². The Morgan fingerprint density at radius 2 is 1.81 bits per heavy atom. The van der Waals surface area contributed by atoms with Gasteiger partial charge in [-0.25, -0.2) is 4.79 Å². The number of thiocarbonyl (C=S) groups is 1. The molecule has 1 aromatic heterocycles. The number of thiophene rings is 1. The molecule has 166 valence electrons. The Balaban J connectivity index is 1.40. The summed E-state index contributed by atoms with van der Waals surface area (Å²) in [4.78, 5) is 16.4. The van der Waals surface area contributed by atoms with Crippen LogP contribution in [-0.4, -0.2) is 35.7 Å². The van der Waals surface area contributed by atoms with Gasteiger partial charge in [-0.05, 0) is 94.0 Å². The number of hydrogen-bond acceptors (Lipinski definition) is 5. The maximum Gasteiger partial charge on any atom is 0.341 e. The van der Waals surface area contributed by atoms with Crippen LogP contribution < -0.4 is 10.6 Å². The Kier molecular flexibility index (Phi) is 7.58. The predicted molar refractivity (Wildman–Crippen MR) is 132 cm³/mol. The van der Waals surface area contributed by atoms with Crippen molar-refractivity contribution in [3.63, 3.8) is 0 Å². The van der Waals surface area contributed by atoms with Crippen LogP contribution in [0.1, 0.15) is 65.4 Å². The lowest BCUT2D eigenvalue weighted by Crippen LogP contribution is -2.29. The first kappa shape index (κ1) is 22.2. The van der Waals surface area contributed by atoms with Crippen molar-refractivity contribution in [3.8, 4) is 0 Å². The largest absolute Gasteiger partial charge is 0.462 e. The first-order chi connectivity index (χ1) is 15.1. The number of carbonyl (C=O) groups is 1. The summed E-state index contributed by atoms with van der Waals surface area (Å²) in [7, 11) is 0. The highest BCUT2D eigenvalue weighted by Crippen LogP contribution is 2.38. The molecule has 0 atom stereocenters. The number of nitrogens with zero attached hydrogens (tertiary/aromatic N) is 1. The van der Waals surface area contributed by atoms with Crippen LogP contribution in [0, 0.1) is 0 Å². The number of piperidine rings is 1. The average molecular weight is 458 g/mol. The molecule has 0 bridgehead atoms. The highest BCUT2D eigenvalue weighted by Gasteiger charge is 2.26. The quantitative estimate of drug-likeness (QED) is 0.435. The Morgan fingerprint density at radius 1 is 1.06 bits per heavy atom. The minimum Gasteiger partial charge on any atom is -0.462 e. The number of rotatable bonds is 6. The van der Waals surface area contributed by atoms with Gasteiger partial charge < -0.3 is 15.4 Å². The van der Waals surface area contributed by atoms with E-state index in [1.54, 1.807) is 11.3 Å². The van der Waals surface area contributed by atoms with Crippen LogP contribution in [0.25, 0.3) is 0 Å². The van der Waals surface area contributed by atoms with E-state index in [9.17, 15) is 4.79 Å². The molecule has 0 saturated carbocycles. The summed E-state index contributed by atoms with van der Waals surface area (Å²) in [5.74, 6) is -0.255. The van der Waals surface area contributed by atoms with Crippen LogP contribution in [0.3, 0.4) is 0 Å². The molecule has 5 nitrogen and oxygen atoms in total. The number of benzene rings is 1. The second-order valence-electron chi connectivity index (χ2n) is 8.25. The third kappa shape index (κ3) is 5.64. The lowest BCUT2D eigenvalue weighted by molar-refractivity contribution is 0.0526. The Hall–Kier alpha value is -1.96. The number of likely N-dealkylation sites (tertiary alicyclic amines) is 1. The molecule has 1 fully saturated rings. The zero-order valence-corrected chi connectivity index (χ0v) is 19.8. The highest BCUT2D eigenvalue weighted by molar-refractivity contribution is 7.80. The monoisotopic (exact) mass is 457 g/mol. The minimum atomic E-state index is -0.255. The molecule has 1 saturated heterocycles. The van der Waals surface area contributed by atoms with Gasteiger partial charge in [0.2, 0.25) is 0 Å². The Morgan fingerprint density at radius 3 is 2.55 bits per heavy atom. The number of nitrogens with one attached hydrogen (secondary N) is 2. The van der Waals surface area contributed by atoms with Crippen molar-refractivity contribution >= 4 is 45.3 Å². The van der Waals surface area contributed by atoms with Crippen LogP contribution in [0.5, 0.6) is 0 Å². The Labute approximate surface area is 194 Å². The van der Waals surface area contributed by atoms with E-state index in [4.69, 9.17) is 17.0 Å². The minimum absolute atomic E-state index is 0.255. The van der Waals surface area contributed by atoms with Crippen molar-refractivity contribution in [2.75, 3.05) is 30.3 Å². The van der Waals surface area contributed by atoms with E-state index in [1.807, 2.05) is 6.92 Å². The summed E-state index contributed by atoms with van der Waals surface area (Å²) in [6.45, 7) is 5.61. The number of hydrogen-bond donors (Lipinski definition) is 2. The first-order valence-electron chi connectivity index (χ1n) is 11.3. The molecule has 2 heterocycles. The van der Waals surface area contributed by atoms with Crippen molar-refractivity contribution in [2.45, 2.75) is 58.4 Å². The molecule has 1 aliphatic carbocycles. The van der Waals surface area contributed by atoms with Gasteiger partial charge in [0.1, 0.15) is 5.00 Å². The zero-order valence-electron chi connectivity index (χ0n) is 18.2. The van der Waals surface area contributed by atoms with Gasteiger partial charge in [-0.1, -0.05) is 18.6 Å². The van der Waals surface area contributed by atoms with E-state index < -0.39 is 0 Å². The van der Waals surface area contributed by atoms with E-state index >= 15 is 0 Å². The fourth-order valence-electron chi connectivity index (χ4n) is 4.41. The molecule has 0 spiro atoms. The van der Waals surface area contributed by atoms with Crippen LogP contribution in [0.2, 0.25) is 0 Å². The number of ether oxygens (including phenoxy) is 1. The summed E-state index contributed by atoms with van der Waals surface area (Å²) in [5.41, 5.74) is 4.07. The van der Waals surface area contributed by atoms with Crippen LogP contribution in [0.15, 0.2) is 24.3 Å². The summed E-state index contributed by atoms with van der Waals surface area (Å²) >= 11 is 7.19. The van der Waals surface area contributed by atoms with Gasteiger partial charge in [-0.3, -0.25) is 4.90 Å². The van der Waals surface area contributed by atoms with Gasteiger partial charge in [0.05, 0.1) is 12.2 Å². The van der Waals surface area contributed by atoms with Gasteiger partial charge in [-0.15, -0.1) is 11.3 Å². The van der Waals surface area contributed by atoms with Crippen molar-refractivity contribution in [1.82, 2.24) is 4.90 Å². The molecule has 2 N–H and O–H groups in total. The third-order valence-electron chi connectivity index (χ3n) is 5.94. The highest BCUT2D eigenvalue weighted by atomic mass is 32.1. The van der Waals surface area contributed by atoms with Gasteiger partial charge in [0.25, 0.3) is 0 Å². The fraction of sp³-hybridized carbons (Fsp3) is 0.500. The number of aryl methyl sites for hydroxylation is 1. The Bertz CT molecular complexity index is 918. The number of carbonyl (C=O) groups excluding carboxylic acids is 1. The molecule has 1 aliphatic heterocycles. The smallest absolute Gasteiger partial charge is 0.341 e. The molecule has 4 rings (SSSR count). The zero-order chi connectivity index (χ0) is 21.6. The van der Waals surface area contributed by atoms with Crippen LogP contribution in [0.4, 0.5) is 10.7 Å². The second-order valence-corrected chi connectivity index (χ2v) is 9.76. The van der Waals surface area contributed by atoms with Gasteiger partial charge in [0.15, 0.2) is 5.11 Å². The number of esters is 1. The summed E-state index contributed by atoms with van der Waals surface area (Å²) in [5, 5.41) is 7.82. The molecule has 0 amide bonds. The SMILES string of the molecule is CCOC(=O)c1c(NC(=S)Nc2ccc(CN3CCCCC3)cc2)sc2c1CCCC2. The molecule has 2 aromatic rings. The van der Waals surface area contributed by atoms with E-state index in [0.29, 0.717) is 17.3 Å². The number of fused-ring (bicyclic) bond motifs is 1. The molecule has 0 unspecified atom stereocenters. The molecular formula is C24H31N3O2S2. The van der Waals surface area contributed by atoms with Gasteiger partial charge >= 0.3 is 5.97 Å². The normalized spacial score (nSPS) is 16.4. The van der Waals surface area contributed by atoms with E-state index in [1.165, 1.54) is 49.2 Å². The van der Waals surface area contributed by atoms with E-state index in [-0.39, 0.29) is 5.97 Å².